The standard InChI is InChI=1S/C27H26N4O2/c1-16(2)11-12-30-14-20-24(19-9-7-18(13-28)8-10-19)26-22(15-31(17(3)32)27(26)33)29-21-5-4-6-23(30)25(20)21/h4-10,14,16,24,29H,11-12,15H2,1-3H3/t24-/m0/s1. The molecule has 33 heavy (non-hydrogen) atoms. The maximum absolute atomic E-state index is 13.5. The van der Waals surface area contributed by atoms with Crippen LogP contribution in [0.15, 0.2) is 59.9 Å². The zero-order valence-electron chi connectivity index (χ0n) is 19.1. The predicted molar refractivity (Wildman–Crippen MR) is 127 cm³/mol. The van der Waals surface area contributed by atoms with Gasteiger partial charge in [-0.3, -0.25) is 14.5 Å². The molecule has 2 aromatic carbocycles. The Balaban J connectivity index is 1.74. The molecule has 0 fully saturated rings. The quantitative estimate of drug-likeness (QED) is 0.637. The van der Waals surface area contributed by atoms with Gasteiger partial charge in [-0.1, -0.05) is 32.0 Å². The predicted octanol–water partition coefficient (Wildman–Crippen LogP) is 4.76. The second-order valence-electron chi connectivity index (χ2n) is 9.25. The molecular weight excluding hydrogens is 412 g/mol. The van der Waals surface area contributed by atoms with Gasteiger partial charge < -0.3 is 9.88 Å². The molecule has 6 nitrogen and oxygen atoms in total. The lowest BCUT2D eigenvalue weighted by Crippen LogP contribution is -2.33. The van der Waals surface area contributed by atoms with Gasteiger partial charge in [0.2, 0.25) is 5.91 Å². The largest absolute Gasteiger partial charge is 0.356 e. The lowest BCUT2D eigenvalue weighted by molar-refractivity contribution is -0.139. The van der Waals surface area contributed by atoms with Crippen LogP contribution >= 0.6 is 0 Å². The molecule has 166 valence electrons. The molecule has 0 spiro atoms. The van der Waals surface area contributed by atoms with E-state index in [1.807, 2.05) is 24.3 Å². The smallest absolute Gasteiger partial charge is 0.259 e. The third-order valence-electron chi connectivity index (χ3n) is 6.64. The van der Waals surface area contributed by atoms with Crippen molar-refractivity contribution in [2.75, 3.05) is 11.9 Å². The number of carbonyl (C=O) groups excluding carboxylic acids is 2. The Morgan fingerprint density at radius 1 is 1.21 bits per heavy atom. The van der Waals surface area contributed by atoms with Gasteiger partial charge in [0.1, 0.15) is 0 Å². The minimum Gasteiger partial charge on any atom is -0.356 e. The number of nitrogens with one attached hydrogen (secondary N) is 1. The molecule has 0 unspecified atom stereocenters. The first kappa shape index (κ1) is 21.0. The van der Waals surface area contributed by atoms with Crippen molar-refractivity contribution in [3.63, 3.8) is 0 Å². The van der Waals surface area contributed by atoms with Crippen molar-refractivity contribution < 1.29 is 9.59 Å². The zero-order chi connectivity index (χ0) is 23.3. The van der Waals surface area contributed by atoms with Crippen molar-refractivity contribution in [2.45, 2.75) is 39.7 Å². The second kappa shape index (κ2) is 7.93. The van der Waals surface area contributed by atoms with Crippen molar-refractivity contribution >= 4 is 28.4 Å². The van der Waals surface area contributed by atoms with E-state index in [2.05, 4.69) is 42.1 Å². The van der Waals surface area contributed by atoms with Crippen LogP contribution in [-0.2, 0) is 16.1 Å². The molecule has 6 heteroatoms. The number of rotatable bonds is 4. The van der Waals surface area contributed by atoms with Gasteiger partial charge in [0, 0.05) is 42.4 Å². The van der Waals surface area contributed by atoms with Gasteiger partial charge in [0.15, 0.2) is 0 Å². The fraction of sp³-hybridized carbons (Fsp3) is 0.296. The highest BCUT2D eigenvalue weighted by molar-refractivity contribution is 6.11. The highest BCUT2D eigenvalue weighted by Crippen LogP contribution is 2.46. The molecule has 3 heterocycles. The van der Waals surface area contributed by atoms with E-state index in [1.54, 1.807) is 12.1 Å². The van der Waals surface area contributed by atoms with Gasteiger partial charge >= 0.3 is 0 Å². The van der Waals surface area contributed by atoms with Crippen LogP contribution in [0.25, 0.3) is 10.9 Å². The van der Waals surface area contributed by atoms with Crippen molar-refractivity contribution in [3.8, 4) is 6.07 Å². The Morgan fingerprint density at radius 3 is 2.64 bits per heavy atom. The molecule has 3 aromatic rings. The van der Waals surface area contributed by atoms with Gasteiger partial charge in [0.05, 0.1) is 29.3 Å². The van der Waals surface area contributed by atoms with E-state index in [1.165, 1.54) is 11.8 Å². The number of anilines is 1. The third kappa shape index (κ3) is 3.41. The molecule has 0 radical (unpaired) electrons. The summed E-state index contributed by atoms with van der Waals surface area (Å²) in [6.45, 7) is 6.98. The summed E-state index contributed by atoms with van der Waals surface area (Å²) < 4.78 is 2.28. The average Bonchev–Trinajstić information content (AvgIpc) is 3.28. The van der Waals surface area contributed by atoms with Gasteiger partial charge in [-0.25, -0.2) is 0 Å². The lowest BCUT2D eigenvalue weighted by Gasteiger charge is -2.19. The van der Waals surface area contributed by atoms with Crippen LogP contribution in [0.5, 0.6) is 0 Å². The highest BCUT2D eigenvalue weighted by atomic mass is 16.2. The molecule has 0 saturated heterocycles. The van der Waals surface area contributed by atoms with Crippen LogP contribution in [0.2, 0.25) is 0 Å². The first-order valence-electron chi connectivity index (χ1n) is 11.3. The van der Waals surface area contributed by atoms with E-state index in [-0.39, 0.29) is 24.3 Å². The van der Waals surface area contributed by atoms with Gasteiger partial charge in [-0.15, -0.1) is 0 Å². The number of imide groups is 1. The maximum Gasteiger partial charge on any atom is 0.259 e. The minimum absolute atomic E-state index is 0.240. The number of carbonyl (C=O) groups is 2. The topological polar surface area (TPSA) is 78.1 Å². The Kier molecular flexibility index (Phi) is 5.05. The molecule has 2 amide bonds. The summed E-state index contributed by atoms with van der Waals surface area (Å²) in [6.07, 6.45) is 3.22. The maximum atomic E-state index is 13.5. The summed E-state index contributed by atoms with van der Waals surface area (Å²) in [4.78, 5) is 27.0. The van der Waals surface area contributed by atoms with Gasteiger partial charge in [-0.2, -0.15) is 5.26 Å². The number of hydrogen-bond donors (Lipinski definition) is 1. The SMILES string of the molecule is CC(=O)N1CC2=C(C1=O)[C@@H](c1ccc(C#N)cc1)c1cn(CCC(C)C)c3cccc(c13)N2. The Labute approximate surface area is 193 Å². The van der Waals surface area contributed by atoms with Crippen molar-refractivity contribution in [1.29, 1.82) is 5.26 Å². The second-order valence-corrected chi connectivity index (χ2v) is 9.25. The summed E-state index contributed by atoms with van der Waals surface area (Å²) in [6, 6.07) is 15.8. The number of nitriles is 1. The molecule has 0 bridgehead atoms. The Morgan fingerprint density at radius 2 is 1.97 bits per heavy atom. The fourth-order valence-corrected chi connectivity index (χ4v) is 4.95. The number of hydrogen-bond acceptors (Lipinski definition) is 4. The van der Waals surface area contributed by atoms with Crippen molar-refractivity contribution in [2.24, 2.45) is 5.92 Å². The van der Waals surface area contributed by atoms with E-state index in [0.717, 1.165) is 46.4 Å². The van der Waals surface area contributed by atoms with Crippen LogP contribution in [0.3, 0.4) is 0 Å². The number of aryl methyl sites for hydroxylation is 1. The normalized spacial score (nSPS) is 17.2. The number of aromatic nitrogens is 1. The van der Waals surface area contributed by atoms with E-state index < -0.39 is 0 Å². The summed E-state index contributed by atoms with van der Waals surface area (Å²) >= 11 is 0. The summed E-state index contributed by atoms with van der Waals surface area (Å²) in [5.74, 6) is -0.274. The summed E-state index contributed by atoms with van der Waals surface area (Å²) in [7, 11) is 0. The Hall–Kier alpha value is -3.85. The lowest BCUT2D eigenvalue weighted by atomic mass is 9.84. The number of nitrogens with zero attached hydrogens (tertiary/aromatic N) is 3. The Bertz CT molecular complexity index is 1360. The molecule has 1 aromatic heterocycles. The summed E-state index contributed by atoms with van der Waals surface area (Å²) in [5, 5.41) is 13.9. The first-order chi connectivity index (χ1) is 15.9. The zero-order valence-corrected chi connectivity index (χ0v) is 19.1. The highest BCUT2D eigenvalue weighted by Gasteiger charge is 2.41. The molecule has 5 rings (SSSR count). The molecule has 0 aliphatic carbocycles. The van der Waals surface area contributed by atoms with Crippen LogP contribution in [0, 0.1) is 17.2 Å². The van der Waals surface area contributed by atoms with Crippen LogP contribution in [0.4, 0.5) is 5.69 Å². The summed E-state index contributed by atoms with van der Waals surface area (Å²) in [5.41, 5.74) is 6.00. The van der Waals surface area contributed by atoms with E-state index in [9.17, 15) is 14.9 Å². The number of amides is 2. The van der Waals surface area contributed by atoms with Crippen LogP contribution < -0.4 is 5.32 Å². The average molecular weight is 439 g/mol. The molecular formula is C27H26N4O2. The van der Waals surface area contributed by atoms with Gasteiger partial charge in [-0.05, 0) is 47.7 Å². The molecule has 2 aliphatic rings. The fourth-order valence-electron chi connectivity index (χ4n) is 4.95. The molecule has 1 N–H and O–H groups in total. The molecule has 1 atom stereocenters. The van der Waals surface area contributed by atoms with Gasteiger partial charge in [0.25, 0.3) is 5.91 Å². The van der Waals surface area contributed by atoms with E-state index in [0.29, 0.717) is 17.1 Å². The molecule has 2 aliphatic heterocycles. The van der Waals surface area contributed by atoms with E-state index >= 15 is 0 Å². The third-order valence-corrected chi connectivity index (χ3v) is 6.64. The van der Waals surface area contributed by atoms with Crippen molar-refractivity contribution in [1.82, 2.24) is 9.47 Å². The number of benzene rings is 2. The van der Waals surface area contributed by atoms with E-state index in [4.69, 9.17) is 0 Å². The van der Waals surface area contributed by atoms with Crippen LogP contribution in [0.1, 0.15) is 49.8 Å². The minimum atomic E-state index is -0.330. The first-order valence-corrected chi connectivity index (χ1v) is 11.3. The monoisotopic (exact) mass is 438 g/mol. The van der Waals surface area contributed by atoms with Crippen LogP contribution in [-0.4, -0.2) is 27.8 Å². The van der Waals surface area contributed by atoms with Crippen molar-refractivity contribution in [3.05, 3.63) is 76.6 Å². The molecule has 0 saturated carbocycles.